The van der Waals surface area contributed by atoms with Crippen molar-refractivity contribution in [2.75, 3.05) is 18.5 Å². The van der Waals surface area contributed by atoms with E-state index in [1.165, 1.54) is 0 Å². The first kappa shape index (κ1) is 19.0. The van der Waals surface area contributed by atoms with Gasteiger partial charge >= 0.3 is 0 Å². The molecule has 0 spiro atoms. The molecule has 0 aliphatic rings. The van der Waals surface area contributed by atoms with E-state index in [4.69, 9.17) is 9.47 Å². The van der Waals surface area contributed by atoms with Crippen LogP contribution in [-0.4, -0.2) is 24.7 Å². The molecule has 1 aromatic rings. The molecule has 1 atom stereocenters. The number of rotatable bonds is 9. The number of carbonyl (C=O) groups excluding carboxylic acids is 1. The van der Waals surface area contributed by atoms with Crippen LogP contribution in [0, 0.1) is 11.3 Å². The highest BCUT2D eigenvalue weighted by Gasteiger charge is 2.32. The normalized spacial score (nSPS) is 13.0. The molecular weight excluding hydrogens is 292 g/mol. The Bertz CT molecular complexity index is 566. The third kappa shape index (κ3) is 5.26. The predicted molar refractivity (Wildman–Crippen MR) is 90.5 cm³/mol. The van der Waals surface area contributed by atoms with E-state index in [-0.39, 0.29) is 5.91 Å². The van der Waals surface area contributed by atoms with Gasteiger partial charge in [0.25, 0.3) is 5.91 Å². The molecule has 0 heterocycles. The molecule has 0 aliphatic heterocycles. The van der Waals surface area contributed by atoms with Gasteiger partial charge in [0.05, 0.1) is 17.9 Å². The molecule has 1 amide bonds. The molecule has 126 valence electrons. The first-order valence-electron chi connectivity index (χ1n) is 8.13. The summed E-state index contributed by atoms with van der Waals surface area (Å²) in [4.78, 5) is 12.5. The summed E-state index contributed by atoms with van der Waals surface area (Å²) in [6, 6.07) is 7.18. The van der Waals surface area contributed by atoms with E-state index in [0.29, 0.717) is 36.6 Å². The fourth-order valence-corrected chi connectivity index (χ4v) is 1.94. The highest BCUT2D eigenvalue weighted by atomic mass is 16.5. The standard InChI is InChI=1S/C18H26N2O3/c1-5-10-22-15-8-9-16(14(12-15)13-19)20-17(21)18(4,7-3)23-11-6-2/h8-9,12H,5-7,10-11H2,1-4H3,(H,20,21)/t18-/m1/s1. The Morgan fingerprint density at radius 1 is 1.26 bits per heavy atom. The fraction of sp³-hybridized carbons (Fsp3) is 0.556. The second-order valence-electron chi connectivity index (χ2n) is 5.55. The summed E-state index contributed by atoms with van der Waals surface area (Å²) < 4.78 is 11.2. The van der Waals surface area contributed by atoms with E-state index >= 15 is 0 Å². The number of anilines is 1. The third-order valence-electron chi connectivity index (χ3n) is 3.61. The number of carbonyl (C=O) groups is 1. The molecule has 1 N–H and O–H groups in total. The predicted octanol–water partition coefficient (Wildman–Crippen LogP) is 3.88. The molecule has 0 aromatic heterocycles. The van der Waals surface area contributed by atoms with Crippen LogP contribution in [-0.2, 0) is 9.53 Å². The van der Waals surface area contributed by atoms with Gasteiger partial charge in [-0.15, -0.1) is 0 Å². The van der Waals surface area contributed by atoms with Crippen molar-refractivity contribution < 1.29 is 14.3 Å². The van der Waals surface area contributed by atoms with Crippen molar-refractivity contribution in [2.24, 2.45) is 0 Å². The molecule has 0 fully saturated rings. The number of nitriles is 1. The van der Waals surface area contributed by atoms with Crippen LogP contribution in [0.4, 0.5) is 5.69 Å². The zero-order valence-electron chi connectivity index (χ0n) is 14.4. The van der Waals surface area contributed by atoms with Gasteiger partial charge in [-0.25, -0.2) is 0 Å². The maximum absolute atomic E-state index is 12.5. The Morgan fingerprint density at radius 2 is 1.96 bits per heavy atom. The van der Waals surface area contributed by atoms with Crippen LogP contribution in [0.5, 0.6) is 5.75 Å². The molecule has 0 radical (unpaired) electrons. The summed E-state index contributed by atoms with van der Waals surface area (Å²) in [6.07, 6.45) is 2.29. The minimum absolute atomic E-state index is 0.243. The Morgan fingerprint density at radius 3 is 2.52 bits per heavy atom. The van der Waals surface area contributed by atoms with Crippen LogP contribution < -0.4 is 10.1 Å². The molecule has 1 aromatic carbocycles. The molecule has 0 aliphatic carbocycles. The Kier molecular flexibility index (Phi) is 7.56. The summed E-state index contributed by atoms with van der Waals surface area (Å²) in [5, 5.41) is 12.1. The zero-order valence-corrected chi connectivity index (χ0v) is 14.4. The number of hydrogen-bond donors (Lipinski definition) is 1. The van der Waals surface area contributed by atoms with Crippen LogP contribution in [0.25, 0.3) is 0 Å². The van der Waals surface area contributed by atoms with E-state index in [9.17, 15) is 10.1 Å². The van der Waals surface area contributed by atoms with Gasteiger partial charge in [-0.05, 0) is 44.4 Å². The SMILES string of the molecule is CCCOc1ccc(NC(=O)[C@@](C)(CC)OCCC)c(C#N)c1. The van der Waals surface area contributed by atoms with E-state index < -0.39 is 5.60 Å². The number of hydrogen-bond acceptors (Lipinski definition) is 4. The molecule has 0 bridgehead atoms. The maximum atomic E-state index is 12.5. The molecule has 1 rings (SSSR count). The highest BCUT2D eigenvalue weighted by Crippen LogP contribution is 2.24. The van der Waals surface area contributed by atoms with Crippen molar-refractivity contribution in [3.63, 3.8) is 0 Å². The van der Waals surface area contributed by atoms with Gasteiger partial charge in [-0.1, -0.05) is 20.8 Å². The average Bonchev–Trinajstić information content (AvgIpc) is 2.58. The summed E-state index contributed by atoms with van der Waals surface area (Å²) in [5.74, 6) is 0.383. The Labute approximate surface area is 138 Å². The lowest BCUT2D eigenvalue weighted by Gasteiger charge is -2.27. The molecule has 0 saturated heterocycles. The van der Waals surface area contributed by atoms with Crippen molar-refractivity contribution >= 4 is 11.6 Å². The first-order chi connectivity index (χ1) is 11.0. The maximum Gasteiger partial charge on any atom is 0.256 e. The van der Waals surface area contributed by atoms with Crippen LogP contribution in [0.3, 0.4) is 0 Å². The van der Waals surface area contributed by atoms with E-state index in [2.05, 4.69) is 11.4 Å². The first-order valence-corrected chi connectivity index (χ1v) is 8.13. The van der Waals surface area contributed by atoms with Gasteiger partial charge in [-0.3, -0.25) is 4.79 Å². The van der Waals surface area contributed by atoms with Crippen LogP contribution in [0.15, 0.2) is 18.2 Å². The number of amides is 1. The molecular formula is C18H26N2O3. The lowest BCUT2D eigenvalue weighted by molar-refractivity contribution is -0.139. The molecule has 5 nitrogen and oxygen atoms in total. The van der Waals surface area contributed by atoms with E-state index in [1.54, 1.807) is 25.1 Å². The van der Waals surface area contributed by atoms with Crippen molar-refractivity contribution in [2.45, 2.75) is 52.6 Å². The summed E-state index contributed by atoms with van der Waals surface area (Å²) >= 11 is 0. The van der Waals surface area contributed by atoms with Crippen LogP contribution in [0.1, 0.15) is 52.5 Å². The second-order valence-corrected chi connectivity index (χ2v) is 5.55. The number of nitrogens with zero attached hydrogens (tertiary/aromatic N) is 1. The largest absolute Gasteiger partial charge is 0.494 e. The molecule has 0 unspecified atom stereocenters. The van der Waals surface area contributed by atoms with Gasteiger partial charge in [0.15, 0.2) is 0 Å². The van der Waals surface area contributed by atoms with Crippen molar-refractivity contribution in [3.05, 3.63) is 23.8 Å². The van der Waals surface area contributed by atoms with Crippen LogP contribution in [0.2, 0.25) is 0 Å². The number of ether oxygens (including phenoxy) is 2. The fourth-order valence-electron chi connectivity index (χ4n) is 1.94. The lowest BCUT2D eigenvalue weighted by atomic mass is 10.0. The molecule has 23 heavy (non-hydrogen) atoms. The van der Waals surface area contributed by atoms with Crippen molar-refractivity contribution in [1.29, 1.82) is 5.26 Å². The molecule has 5 heteroatoms. The average molecular weight is 318 g/mol. The van der Waals surface area contributed by atoms with Gasteiger partial charge in [0.2, 0.25) is 0 Å². The van der Waals surface area contributed by atoms with Crippen molar-refractivity contribution in [1.82, 2.24) is 0 Å². The smallest absolute Gasteiger partial charge is 0.256 e. The topological polar surface area (TPSA) is 71.3 Å². The van der Waals surface area contributed by atoms with Gasteiger partial charge in [0.1, 0.15) is 17.4 Å². The summed E-state index contributed by atoms with van der Waals surface area (Å²) in [7, 11) is 0. The second kappa shape index (κ2) is 9.16. The minimum Gasteiger partial charge on any atom is -0.494 e. The quantitative estimate of drug-likeness (QED) is 0.750. The summed E-state index contributed by atoms with van der Waals surface area (Å²) in [6.45, 7) is 8.80. The number of nitrogens with one attached hydrogen (secondary N) is 1. The van der Waals surface area contributed by atoms with Crippen molar-refractivity contribution in [3.8, 4) is 11.8 Å². The Balaban J connectivity index is 2.90. The van der Waals surface area contributed by atoms with E-state index in [0.717, 1.165) is 12.8 Å². The number of benzene rings is 1. The van der Waals surface area contributed by atoms with E-state index in [1.807, 2.05) is 20.8 Å². The van der Waals surface area contributed by atoms with Crippen LogP contribution >= 0.6 is 0 Å². The Hall–Kier alpha value is -2.06. The molecule has 0 saturated carbocycles. The highest BCUT2D eigenvalue weighted by molar-refractivity contribution is 5.98. The summed E-state index contributed by atoms with van der Waals surface area (Å²) in [5.41, 5.74) is -0.0536. The third-order valence-corrected chi connectivity index (χ3v) is 3.61. The monoisotopic (exact) mass is 318 g/mol. The zero-order chi connectivity index (χ0) is 17.3. The van der Waals surface area contributed by atoms with Gasteiger partial charge < -0.3 is 14.8 Å². The lowest BCUT2D eigenvalue weighted by Crippen LogP contribution is -2.42. The van der Waals surface area contributed by atoms with Gasteiger partial charge in [-0.2, -0.15) is 5.26 Å². The van der Waals surface area contributed by atoms with Gasteiger partial charge in [0, 0.05) is 6.61 Å². The minimum atomic E-state index is -0.903.